The van der Waals surface area contributed by atoms with Crippen LogP contribution in [0.25, 0.3) is 11.1 Å². The normalized spacial score (nSPS) is 22.7. The van der Waals surface area contributed by atoms with Crippen molar-refractivity contribution in [2.45, 2.75) is 62.0 Å². The SMILES string of the molecule is CC(C)(O)C(=O)N1CC(F)(F)[C@H](NS(=O)(=O)C2CC2)[C@@H]1Cc1cccc(-c2ccccc2)c1F. The molecule has 2 N–H and O–H groups in total. The van der Waals surface area contributed by atoms with Crippen LogP contribution in [-0.4, -0.2) is 59.7 Å². The van der Waals surface area contributed by atoms with Crippen molar-refractivity contribution in [3.63, 3.8) is 0 Å². The lowest BCUT2D eigenvalue weighted by molar-refractivity contribution is -0.149. The summed E-state index contributed by atoms with van der Waals surface area (Å²) in [5.74, 6) is -5.23. The number of halogens is 3. The number of nitrogens with one attached hydrogen (secondary N) is 1. The summed E-state index contributed by atoms with van der Waals surface area (Å²) in [6, 6.07) is 9.90. The maximum Gasteiger partial charge on any atom is 0.283 e. The van der Waals surface area contributed by atoms with Gasteiger partial charge < -0.3 is 10.0 Å². The number of nitrogens with zero attached hydrogens (tertiary/aromatic N) is 1. The Morgan fingerprint density at radius 2 is 1.79 bits per heavy atom. The molecule has 1 aliphatic heterocycles. The summed E-state index contributed by atoms with van der Waals surface area (Å²) in [6.45, 7) is 1.25. The molecule has 0 bridgehead atoms. The number of aliphatic hydroxyl groups is 1. The van der Waals surface area contributed by atoms with E-state index in [-0.39, 0.29) is 17.5 Å². The molecule has 4 rings (SSSR count). The van der Waals surface area contributed by atoms with Crippen molar-refractivity contribution in [3.8, 4) is 11.1 Å². The minimum absolute atomic E-state index is 0.0632. The van der Waals surface area contributed by atoms with Crippen LogP contribution in [0, 0.1) is 5.82 Å². The van der Waals surface area contributed by atoms with Crippen LogP contribution in [0.2, 0.25) is 0 Å². The quantitative estimate of drug-likeness (QED) is 0.617. The molecule has 0 radical (unpaired) electrons. The molecule has 2 aromatic rings. The molecule has 0 aromatic heterocycles. The minimum Gasteiger partial charge on any atom is -0.381 e. The standard InChI is InChI=1S/C24H27F3N2O4S/c1-23(2,31)22(30)29-14-24(26,27)21(28-34(32,33)17-11-12-17)19(29)13-16-9-6-10-18(20(16)25)15-7-4-3-5-8-15/h3-10,17,19,21,28,31H,11-14H2,1-2H3/t19-,21+/m0/s1. The average Bonchev–Trinajstić information content (AvgIpc) is 3.58. The average molecular weight is 497 g/mol. The Labute approximate surface area is 196 Å². The summed E-state index contributed by atoms with van der Waals surface area (Å²) in [5.41, 5.74) is -1.05. The first-order valence-electron chi connectivity index (χ1n) is 11.1. The van der Waals surface area contributed by atoms with Crippen molar-refractivity contribution in [2.24, 2.45) is 0 Å². The van der Waals surface area contributed by atoms with Gasteiger partial charge in [-0.1, -0.05) is 48.5 Å². The molecular formula is C24H27F3N2O4S. The second kappa shape index (κ2) is 8.66. The number of amides is 1. The highest BCUT2D eigenvalue weighted by Gasteiger charge is 2.59. The maximum atomic E-state index is 15.5. The van der Waals surface area contributed by atoms with Crippen LogP contribution in [0.3, 0.4) is 0 Å². The van der Waals surface area contributed by atoms with E-state index in [2.05, 4.69) is 4.72 Å². The van der Waals surface area contributed by atoms with Gasteiger partial charge in [-0.2, -0.15) is 0 Å². The number of carbonyl (C=O) groups is 1. The fourth-order valence-electron chi connectivity index (χ4n) is 4.33. The number of sulfonamides is 1. The van der Waals surface area contributed by atoms with E-state index in [1.807, 2.05) is 0 Å². The third-order valence-corrected chi connectivity index (χ3v) is 8.18. The summed E-state index contributed by atoms with van der Waals surface area (Å²) in [4.78, 5) is 13.6. The van der Waals surface area contributed by atoms with Crippen molar-refractivity contribution >= 4 is 15.9 Å². The Morgan fingerprint density at radius 3 is 2.38 bits per heavy atom. The molecule has 34 heavy (non-hydrogen) atoms. The van der Waals surface area contributed by atoms with Gasteiger partial charge in [-0.15, -0.1) is 0 Å². The second-order valence-corrected chi connectivity index (χ2v) is 11.5. The van der Waals surface area contributed by atoms with E-state index < -0.39 is 57.1 Å². The Morgan fingerprint density at radius 1 is 1.15 bits per heavy atom. The zero-order chi connectivity index (χ0) is 24.9. The van der Waals surface area contributed by atoms with E-state index in [4.69, 9.17) is 0 Å². The highest BCUT2D eigenvalue weighted by atomic mass is 32.2. The fourth-order valence-corrected chi connectivity index (χ4v) is 5.96. The number of hydrogen-bond acceptors (Lipinski definition) is 4. The Kier molecular flexibility index (Phi) is 6.28. The summed E-state index contributed by atoms with van der Waals surface area (Å²) >= 11 is 0. The van der Waals surface area contributed by atoms with Crippen molar-refractivity contribution in [3.05, 3.63) is 59.9 Å². The number of benzene rings is 2. The van der Waals surface area contributed by atoms with E-state index in [0.29, 0.717) is 18.4 Å². The van der Waals surface area contributed by atoms with Gasteiger partial charge in [-0.05, 0) is 44.2 Å². The highest BCUT2D eigenvalue weighted by molar-refractivity contribution is 7.90. The lowest BCUT2D eigenvalue weighted by atomic mass is 9.95. The largest absolute Gasteiger partial charge is 0.381 e. The molecule has 2 aliphatic rings. The van der Waals surface area contributed by atoms with Crippen LogP contribution in [0.1, 0.15) is 32.3 Å². The molecule has 2 fully saturated rings. The molecule has 2 aromatic carbocycles. The first-order valence-corrected chi connectivity index (χ1v) is 12.6. The van der Waals surface area contributed by atoms with Gasteiger partial charge in [0.2, 0.25) is 10.0 Å². The van der Waals surface area contributed by atoms with Crippen LogP contribution in [0.4, 0.5) is 13.2 Å². The van der Waals surface area contributed by atoms with Gasteiger partial charge in [0, 0.05) is 5.56 Å². The van der Waals surface area contributed by atoms with Gasteiger partial charge in [0.15, 0.2) is 0 Å². The van der Waals surface area contributed by atoms with Gasteiger partial charge in [0.1, 0.15) is 17.5 Å². The first kappa shape index (κ1) is 24.7. The molecule has 1 amide bonds. The molecule has 1 saturated carbocycles. The van der Waals surface area contributed by atoms with Crippen molar-refractivity contribution in [2.75, 3.05) is 6.54 Å². The maximum absolute atomic E-state index is 15.5. The van der Waals surface area contributed by atoms with Crippen LogP contribution < -0.4 is 4.72 Å². The number of rotatable bonds is 7. The molecule has 2 atom stereocenters. The Balaban J connectivity index is 1.74. The number of carbonyl (C=O) groups excluding carboxylic acids is 1. The summed E-state index contributed by atoms with van der Waals surface area (Å²) in [7, 11) is -4.04. The van der Waals surface area contributed by atoms with E-state index >= 15 is 13.2 Å². The smallest absolute Gasteiger partial charge is 0.283 e. The van der Waals surface area contributed by atoms with Crippen LogP contribution in [0.5, 0.6) is 0 Å². The number of alkyl halides is 2. The second-order valence-electron chi connectivity index (χ2n) is 9.51. The third kappa shape index (κ3) is 4.85. The molecule has 10 heteroatoms. The molecule has 0 spiro atoms. The fraction of sp³-hybridized carbons (Fsp3) is 0.458. The van der Waals surface area contributed by atoms with Crippen molar-refractivity contribution in [1.29, 1.82) is 0 Å². The summed E-state index contributed by atoms with van der Waals surface area (Å²) in [6.07, 6.45) is 0.387. The molecular weight excluding hydrogens is 469 g/mol. The van der Waals surface area contributed by atoms with Crippen molar-refractivity contribution < 1.29 is 31.5 Å². The summed E-state index contributed by atoms with van der Waals surface area (Å²) in [5, 5.41) is 9.47. The van der Waals surface area contributed by atoms with Gasteiger partial charge in [-0.25, -0.2) is 26.3 Å². The monoisotopic (exact) mass is 496 g/mol. The summed E-state index contributed by atoms with van der Waals surface area (Å²) < 4.78 is 72.9. The van der Waals surface area contributed by atoms with Gasteiger partial charge >= 0.3 is 0 Å². The molecule has 0 unspecified atom stereocenters. The Bertz CT molecular complexity index is 1180. The van der Waals surface area contributed by atoms with Gasteiger partial charge in [0.05, 0.1) is 17.8 Å². The van der Waals surface area contributed by atoms with Gasteiger partial charge in [-0.3, -0.25) is 4.79 Å². The topological polar surface area (TPSA) is 86.7 Å². The van der Waals surface area contributed by atoms with Gasteiger partial charge in [0.25, 0.3) is 11.8 Å². The van der Waals surface area contributed by atoms with E-state index in [1.54, 1.807) is 42.5 Å². The van der Waals surface area contributed by atoms with E-state index in [1.165, 1.54) is 19.9 Å². The lowest BCUT2D eigenvalue weighted by Crippen LogP contribution is -2.54. The molecule has 1 saturated heterocycles. The number of likely N-dealkylation sites (tertiary alicyclic amines) is 1. The van der Waals surface area contributed by atoms with Crippen LogP contribution in [0.15, 0.2) is 48.5 Å². The van der Waals surface area contributed by atoms with E-state index in [9.17, 15) is 18.3 Å². The predicted octanol–water partition coefficient (Wildman–Crippen LogP) is 3.10. The predicted molar refractivity (Wildman–Crippen MR) is 121 cm³/mol. The molecule has 1 heterocycles. The van der Waals surface area contributed by atoms with Crippen molar-refractivity contribution in [1.82, 2.24) is 9.62 Å². The third-order valence-electron chi connectivity index (χ3n) is 6.25. The lowest BCUT2D eigenvalue weighted by Gasteiger charge is -2.32. The zero-order valence-corrected chi connectivity index (χ0v) is 19.7. The highest BCUT2D eigenvalue weighted by Crippen LogP contribution is 2.38. The molecule has 6 nitrogen and oxygen atoms in total. The van der Waals surface area contributed by atoms with E-state index in [0.717, 1.165) is 4.90 Å². The molecule has 184 valence electrons. The van der Waals surface area contributed by atoms with Crippen LogP contribution in [-0.2, 0) is 21.2 Å². The van der Waals surface area contributed by atoms with Crippen LogP contribution >= 0.6 is 0 Å². The zero-order valence-electron chi connectivity index (χ0n) is 18.8. The first-order chi connectivity index (χ1) is 15.8. The molecule has 1 aliphatic carbocycles. The minimum atomic E-state index is -4.04. The number of hydrogen-bond donors (Lipinski definition) is 2. The Hall–Kier alpha value is -2.43.